The zero-order valence-electron chi connectivity index (χ0n) is 15.0. The summed E-state index contributed by atoms with van der Waals surface area (Å²) in [5.41, 5.74) is -0.205. The first-order valence-electron chi connectivity index (χ1n) is 8.94. The molecule has 0 bridgehead atoms. The van der Waals surface area contributed by atoms with Crippen molar-refractivity contribution in [3.63, 3.8) is 0 Å². The van der Waals surface area contributed by atoms with E-state index in [1.54, 1.807) is 6.92 Å². The summed E-state index contributed by atoms with van der Waals surface area (Å²) in [6.07, 6.45) is 2.00. The van der Waals surface area contributed by atoms with Gasteiger partial charge in [-0.2, -0.15) is 0 Å². The number of carbonyl (C=O) groups is 3. The maximum Gasteiger partial charge on any atom is 0.325 e. The lowest BCUT2D eigenvalue weighted by molar-refractivity contribution is -0.160. The van der Waals surface area contributed by atoms with Gasteiger partial charge in [-0.15, -0.1) is 0 Å². The average molecular weight is 357 g/mol. The molecule has 1 atom stereocenters. The minimum atomic E-state index is -1.17. The number of amides is 4. The Balaban J connectivity index is 1.44. The minimum Gasteiger partial charge on any atom is -0.386 e. The molecule has 2 N–H and O–H groups in total. The standard InChI is InChI=1S/C19H23N3O4/c1-12-3-5-13(6-4-12)18(2)16(24)22(17(25)20-18)9-15(23)21-10-19(26,11-21)14-7-8-14/h3-6,14,26H,7-11H2,1-2H3,(H,20,25)/t18-/m1/s1. The molecule has 1 aliphatic carbocycles. The number of β-amino-alcohol motifs (C(OH)–C–C–N with tert-alkyl or cyclic N) is 1. The third-order valence-corrected chi connectivity index (χ3v) is 5.82. The zero-order chi connectivity index (χ0) is 18.7. The SMILES string of the molecule is Cc1ccc([C@@]2(C)NC(=O)N(CC(=O)N3CC(O)(C4CC4)C3)C2=O)cc1. The van der Waals surface area contributed by atoms with Crippen molar-refractivity contribution in [3.05, 3.63) is 35.4 Å². The number of imide groups is 1. The summed E-state index contributed by atoms with van der Waals surface area (Å²) in [4.78, 5) is 40.1. The van der Waals surface area contributed by atoms with E-state index in [9.17, 15) is 19.5 Å². The van der Waals surface area contributed by atoms with E-state index in [-0.39, 0.29) is 31.5 Å². The van der Waals surface area contributed by atoms with Crippen LogP contribution in [0.3, 0.4) is 0 Å². The molecule has 2 heterocycles. The number of nitrogens with zero attached hydrogens (tertiary/aromatic N) is 2. The second kappa shape index (κ2) is 5.54. The fourth-order valence-electron chi connectivity index (χ4n) is 3.83. The van der Waals surface area contributed by atoms with Gasteiger partial charge in [-0.3, -0.25) is 14.5 Å². The van der Waals surface area contributed by atoms with Gasteiger partial charge in [-0.05, 0) is 38.2 Å². The highest BCUT2D eigenvalue weighted by Gasteiger charge is 2.54. The molecule has 138 valence electrons. The van der Waals surface area contributed by atoms with E-state index in [2.05, 4.69) is 5.32 Å². The molecule has 2 saturated heterocycles. The molecule has 1 aromatic carbocycles. The van der Waals surface area contributed by atoms with Crippen LogP contribution in [0.1, 0.15) is 30.9 Å². The number of hydrogen-bond donors (Lipinski definition) is 2. The van der Waals surface area contributed by atoms with Crippen molar-refractivity contribution in [2.45, 2.75) is 37.8 Å². The Morgan fingerprint density at radius 2 is 1.85 bits per heavy atom. The molecule has 4 rings (SSSR count). The second-order valence-electron chi connectivity index (χ2n) is 7.94. The van der Waals surface area contributed by atoms with E-state index in [0.717, 1.165) is 23.3 Å². The van der Waals surface area contributed by atoms with Crippen LogP contribution >= 0.6 is 0 Å². The number of aliphatic hydroxyl groups is 1. The van der Waals surface area contributed by atoms with Crippen LogP contribution in [0, 0.1) is 12.8 Å². The van der Waals surface area contributed by atoms with Crippen LogP contribution in [0.15, 0.2) is 24.3 Å². The normalized spacial score (nSPS) is 27.3. The van der Waals surface area contributed by atoms with Crippen molar-refractivity contribution >= 4 is 17.8 Å². The van der Waals surface area contributed by atoms with E-state index >= 15 is 0 Å². The largest absolute Gasteiger partial charge is 0.386 e. The first-order chi connectivity index (χ1) is 12.2. The zero-order valence-corrected chi connectivity index (χ0v) is 15.0. The van der Waals surface area contributed by atoms with Crippen LogP contribution in [0.25, 0.3) is 0 Å². The molecule has 3 fully saturated rings. The molecular weight excluding hydrogens is 334 g/mol. The molecule has 7 nitrogen and oxygen atoms in total. The molecule has 0 spiro atoms. The number of benzene rings is 1. The van der Waals surface area contributed by atoms with Gasteiger partial charge in [0, 0.05) is 0 Å². The van der Waals surface area contributed by atoms with Crippen molar-refractivity contribution in [1.82, 2.24) is 15.1 Å². The average Bonchev–Trinajstić information content (AvgIpc) is 3.38. The molecule has 1 aromatic rings. The van der Waals surface area contributed by atoms with E-state index in [1.165, 1.54) is 4.90 Å². The molecular formula is C19H23N3O4. The Morgan fingerprint density at radius 3 is 2.42 bits per heavy atom. The summed E-state index contributed by atoms with van der Waals surface area (Å²) in [6.45, 7) is 3.87. The van der Waals surface area contributed by atoms with Crippen LogP contribution in [0.2, 0.25) is 0 Å². The lowest BCUT2D eigenvalue weighted by atomic mass is 9.88. The fraction of sp³-hybridized carbons (Fsp3) is 0.526. The number of nitrogens with one attached hydrogen (secondary N) is 1. The Labute approximate surface area is 152 Å². The van der Waals surface area contributed by atoms with E-state index in [1.807, 2.05) is 31.2 Å². The third kappa shape index (κ3) is 2.58. The van der Waals surface area contributed by atoms with Crippen molar-refractivity contribution in [2.75, 3.05) is 19.6 Å². The Morgan fingerprint density at radius 1 is 1.23 bits per heavy atom. The maximum absolute atomic E-state index is 12.9. The Bertz CT molecular complexity index is 780. The third-order valence-electron chi connectivity index (χ3n) is 5.82. The van der Waals surface area contributed by atoms with Crippen molar-refractivity contribution in [1.29, 1.82) is 0 Å². The number of rotatable bonds is 4. The summed E-state index contributed by atoms with van der Waals surface area (Å²) in [7, 11) is 0. The number of urea groups is 1. The molecule has 0 aromatic heterocycles. The molecule has 0 radical (unpaired) electrons. The molecule has 3 aliphatic rings. The van der Waals surface area contributed by atoms with Crippen LogP contribution in [-0.4, -0.2) is 58.0 Å². The van der Waals surface area contributed by atoms with Crippen molar-refractivity contribution in [3.8, 4) is 0 Å². The van der Waals surface area contributed by atoms with Crippen LogP contribution in [0.5, 0.6) is 0 Å². The van der Waals surface area contributed by atoms with Gasteiger partial charge >= 0.3 is 6.03 Å². The predicted octanol–water partition coefficient (Wildman–Crippen LogP) is 0.745. The Hall–Kier alpha value is -2.41. The molecule has 2 aliphatic heterocycles. The predicted molar refractivity (Wildman–Crippen MR) is 93.0 cm³/mol. The molecule has 7 heteroatoms. The molecule has 1 saturated carbocycles. The fourth-order valence-corrected chi connectivity index (χ4v) is 3.83. The number of hydrogen-bond acceptors (Lipinski definition) is 4. The minimum absolute atomic E-state index is 0.285. The Kier molecular flexibility index (Phi) is 3.63. The highest BCUT2D eigenvalue weighted by atomic mass is 16.3. The molecule has 4 amide bonds. The summed E-state index contributed by atoms with van der Waals surface area (Å²) in [6, 6.07) is 6.82. The number of likely N-dealkylation sites (tertiary alicyclic amines) is 1. The molecule has 26 heavy (non-hydrogen) atoms. The topological polar surface area (TPSA) is 90.0 Å². The van der Waals surface area contributed by atoms with E-state index in [0.29, 0.717) is 5.56 Å². The van der Waals surface area contributed by atoms with Gasteiger partial charge in [-0.1, -0.05) is 29.8 Å². The van der Waals surface area contributed by atoms with Crippen LogP contribution in [-0.2, 0) is 15.1 Å². The van der Waals surface area contributed by atoms with Gasteiger partial charge in [0.25, 0.3) is 5.91 Å². The summed E-state index contributed by atoms with van der Waals surface area (Å²) in [5, 5.41) is 13.0. The maximum atomic E-state index is 12.9. The van der Waals surface area contributed by atoms with Crippen molar-refractivity contribution < 1.29 is 19.5 Å². The molecule has 0 unspecified atom stereocenters. The number of aryl methyl sites for hydroxylation is 1. The van der Waals surface area contributed by atoms with Gasteiger partial charge in [-0.25, -0.2) is 4.79 Å². The summed E-state index contributed by atoms with van der Waals surface area (Å²) >= 11 is 0. The first-order valence-corrected chi connectivity index (χ1v) is 8.94. The van der Waals surface area contributed by atoms with E-state index < -0.39 is 23.1 Å². The van der Waals surface area contributed by atoms with Crippen LogP contribution < -0.4 is 5.32 Å². The van der Waals surface area contributed by atoms with Gasteiger partial charge in [0.1, 0.15) is 17.7 Å². The van der Waals surface area contributed by atoms with Gasteiger partial charge < -0.3 is 15.3 Å². The van der Waals surface area contributed by atoms with Crippen LogP contribution in [0.4, 0.5) is 4.79 Å². The van der Waals surface area contributed by atoms with Crippen molar-refractivity contribution in [2.24, 2.45) is 5.92 Å². The summed E-state index contributed by atoms with van der Waals surface area (Å²) in [5.74, 6) is -0.460. The van der Waals surface area contributed by atoms with Gasteiger partial charge in [0.05, 0.1) is 13.1 Å². The lowest BCUT2D eigenvalue weighted by Gasteiger charge is -2.47. The first kappa shape index (κ1) is 17.0. The van der Waals surface area contributed by atoms with Gasteiger partial charge in [0.2, 0.25) is 5.91 Å². The summed E-state index contributed by atoms with van der Waals surface area (Å²) < 4.78 is 0. The highest BCUT2D eigenvalue weighted by molar-refractivity contribution is 6.09. The highest BCUT2D eigenvalue weighted by Crippen LogP contribution is 2.44. The second-order valence-corrected chi connectivity index (χ2v) is 7.94. The monoisotopic (exact) mass is 357 g/mol. The van der Waals surface area contributed by atoms with Gasteiger partial charge in [0.15, 0.2) is 0 Å². The number of carbonyl (C=O) groups excluding carboxylic acids is 3. The van der Waals surface area contributed by atoms with E-state index in [4.69, 9.17) is 0 Å². The quantitative estimate of drug-likeness (QED) is 0.778. The smallest absolute Gasteiger partial charge is 0.325 e. The lowest BCUT2D eigenvalue weighted by Crippen LogP contribution is -2.66.